The molecule has 1 amide bonds. The van der Waals surface area contributed by atoms with Gasteiger partial charge in [0.15, 0.2) is 16.3 Å². The summed E-state index contributed by atoms with van der Waals surface area (Å²) in [6.07, 6.45) is 0. The highest BCUT2D eigenvalue weighted by molar-refractivity contribution is 7.16. The van der Waals surface area contributed by atoms with Crippen LogP contribution in [0.25, 0.3) is 21.2 Å². The molecule has 3 heterocycles. The second-order valence-corrected chi connectivity index (χ2v) is 7.50. The Morgan fingerprint density at radius 1 is 1.14 bits per heavy atom. The molecule has 2 aromatic heterocycles. The van der Waals surface area contributed by atoms with Crippen molar-refractivity contribution in [3.63, 3.8) is 0 Å². The van der Waals surface area contributed by atoms with E-state index in [0.717, 1.165) is 10.2 Å². The van der Waals surface area contributed by atoms with Crippen LogP contribution in [-0.4, -0.2) is 23.7 Å². The molecule has 0 aliphatic carbocycles. The third-order valence-electron chi connectivity index (χ3n) is 4.73. The van der Waals surface area contributed by atoms with Crippen LogP contribution in [0.2, 0.25) is 0 Å². The average Bonchev–Trinajstić information content (AvgIpc) is 3.07. The highest BCUT2D eigenvalue weighted by atomic mass is 32.1. The number of aryl methyl sites for hydroxylation is 1. The van der Waals surface area contributed by atoms with Crippen molar-refractivity contribution in [2.75, 3.05) is 13.2 Å². The van der Waals surface area contributed by atoms with Gasteiger partial charge in [-0.2, -0.15) is 4.99 Å². The van der Waals surface area contributed by atoms with Gasteiger partial charge in [0, 0.05) is 24.1 Å². The lowest BCUT2D eigenvalue weighted by atomic mass is 10.2. The van der Waals surface area contributed by atoms with Crippen LogP contribution < -0.4 is 19.9 Å². The van der Waals surface area contributed by atoms with Gasteiger partial charge in [-0.1, -0.05) is 29.5 Å². The van der Waals surface area contributed by atoms with Gasteiger partial charge < -0.3 is 18.5 Å². The first kappa shape index (κ1) is 17.7. The van der Waals surface area contributed by atoms with Gasteiger partial charge >= 0.3 is 5.63 Å². The number of thiazole rings is 1. The molecular formula is C21H16N2O5S. The van der Waals surface area contributed by atoms with E-state index in [4.69, 9.17) is 13.9 Å². The van der Waals surface area contributed by atoms with Crippen molar-refractivity contribution in [2.45, 2.75) is 13.5 Å². The fourth-order valence-electron chi connectivity index (χ4n) is 3.36. The number of hydrogen-bond acceptors (Lipinski definition) is 6. The zero-order valence-corrected chi connectivity index (χ0v) is 16.3. The summed E-state index contributed by atoms with van der Waals surface area (Å²) in [6, 6.07) is 12.4. The summed E-state index contributed by atoms with van der Waals surface area (Å²) in [5, 5.41) is 0.673. The highest BCUT2D eigenvalue weighted by Crippen LogP contribution is 2.35. The Hall–Kier alpha value is -3.39. The number of para-hydroxylation sites is 1. The molecule has 4 aromatic rings. The molecule has 2 aromatic carbocycles. The van der Waals surface area contributed by atoms with Crippen LogP contribution in [0.3, 0.4) is 0 Å². The van der Waals surface area contributed by atoms with E-state index < -0.39 is 11.5 Å². The third kappa shape index (κ3) is 3.01. The van der Waals surface area contributed by atoms with Gasteiger partial charge in [-0.15, -0.1) is 0 Å². The summed E-state index contributed by atoms with van der Waals surface area (Å²) in [6.45, 7) is 3.59. The minimum absolute atomic E-state index is 0.0882. The Kier molecular flexibility index (Phi) is 4.21. The Morgan fingerprint density at radius 2 is 1.90 bits per heavy atom. The number of amides is 1. The van der Waals surface area contributed by atoms with E-state index in [0.29, 0.717) is 47.0 Å². The number of fused-ring (bicyclic) bond motifs is 3. The minimum Gasteiger partial charge on any atom is -0.486 e. The normalized spacial score (nSPS) is 13.9. The Morgan fingerprint density at radius 3 is 2.69 bits per heavy atom. The van der Waals surface area contributed by atoms with Gasteiger partial charge in [0.25, 0.3) is 5.91 Å². The molecule has 0 N–H and O–H groups in total. The number of nitrogens with zero attached hydrogens (tertiary/aromatic N) is 2. The molecule has 0 radical (unpaired) electrons. The number of aromatic nitrogens is 1. The number of rotatable bonds is 2. The summed E-state index contributed by atoms with van der Waals surface area (Å²) in [4.78, 5) is 29.8. The van der Waals surface area contributed by atoms with Gasteiger partial charge in [0.2, 0.25) is 0 Å². The van der Waals surface area contributed by atoms with E-state index in [1.807, 2.05) is 29.7 Å². The summed E-state index contributed by atoms with van der Waals surface area (Å²) in [5.74, 6) is 0.730. The SMILES string of the molecule is CCn1c(=NC(=O)c2cc3ccccc3oc2=O)sc2cc3c(cc21)OCCO3. The maximum atomic E-state index is 12.8. The van der Waals surface area contributed by atoms with Crippen molar-refractivity contribution < 1.29 is 18.7 Å². The maximum Gasteiger partial charge on any atom is 0.349 e. The fourth-order valence-corrected chi connectivity index (χ4v) is 4.46. The monoisotopic (exact) mass is 408 g/mol. The van der Waals surface area contributed by atoms with Crippen molar-refractivity contribution in [2.24, 2.45) is 4.99 Å². The molecule has 0 saturated carbocycles. The number of benzene rings is 2. The van der Waals surface area contributed by atoms with Crippen molar-refractivity contribution in [1.29, 1.82) is 0 Å². The van der Waals surface area contributed by atoms with E-state index in [-0.39, 0.29) is 5.56 Å². The lowest BCUT2D eigenvalue weighted by molar-refractivity contribution is 0.0994. The van der Waals surface area contributed by atoms with Gasteiger partial charge in [-0.25, -0.2) is 4.79 Å². The van der Waals surface area contributed by atoms with Crippen LogP contribution in [0.5, 0.6) is 11.5 Å². The summed E-state index contributed by atoms with van der Waals surface area (Å²) in [7, 11) is 0. The fraction of sp³-hybridized carbons (Fsp3) is 0.190. The molecule has 0 atom stereocenters. The van der Waals surface area contributed by atoms with E-state index >= 15 is 0 Å². The van der Waals surface area contributed by atoms with Crippen LogP contribution in [-0.2, 0) is 6.54 Å². The molecule has 7 nitrogen and oxygen atoms in total. The molecule has 1 aliphatic rings. The quantitative estimate of drug-likeness (QED) is 0.475. The van der Waals surface area contributed by atoms with E-state index in [1.165, 1.54) is 17.4 Å². The first-order valence-electron chi connectivity index (χ1n) is 9.19. The molecule has 1 aliphatic heterocycles. The molecular weight excluding hydrogens is 392 g/mol. The predicted octanol–water partition coefficient (Wildman–Crippen LogP) is 3.34. The topological polar surface area (TPSA) is 83.0 Å². The minimum atomic E-state index is -0.695. The van der Waals surface area contributed by atoms with Crippen LogP contribution in [0.4, 0.5) is 0 Å². The Labute approximate surface area is 168 Å². The number of carbonyl (C=O) groups excluding carboxylic acids is 1. The molecule has 0 unspecified atom stereocenters. The molecule has 5 rings (SSSR count). The molecule has 29 heavy (non-hydrogen) atoms. The molecule has 0 bridgehead atoms. The summed E-state index contributed by atoms with van der Waals surface area (Å²) < 4.78 is 19.4. The van der Waals surface area contributed by atoms with Crippen molar-refractivity contribution in [3.8, 4) is 11.5 Å². The predicted molar refractivity (Wildman–Crippen MR) is 109 cm³/mol. The van der Waals surface area contributed by atoms with Gasteiger partial charge in [-0.05, 0) is 19.1 Å². The zero-order valence-electron chi connectivity index (χ0n) is 15.5. The van der Waals surface area contributed by atoms with E-state index in [1.54, 1.807) is 18.2 Å². The lowest BCUT2D eigenvalue weighted by Gasteiger charge is -2.18. The maximum absolute atomic E-state index is 12.8. The first-order valence-corrected chi connectivity index (χ1v) is 10.0. The second-order valence-electron chi connectivity index (χ2n) is 6.49. The summed E-state index contributed by atoms with van der Waals surface area (Å²) >= 11 is 1.36. The van der Waals surface area contributed by atoms with Gasteiger partial charge in [0.05, 0.1) is 10.2 Å². The third-order valence-corrected chi connectivity index (χ3v) is 5.77. The molecule has 0 fully saturated rings. The standard InChI is InChI=1S/C21H16N2O5S/c1-2-23-14-10-16-17(27-8-7-26-16)11-18(14)29-21(23)22-19(24)13-9-12-5-3-4-6-15(12)28-20(13)25/h3-6,9-11H,2,7-8H2,1H3. The molecule has 8 heteroatoms. The largest absolute Gasteiger partial charge is 0.486 e. The number of ether oxygens (including phenoxy) is 2. The average molecular weight is 408 g/mol. The van der Waals surface area contributed by atoms with E-state index in [2.05, 4.69) is 4.99 Å². The molecule has 0 spiro atoms. The van der Waals surface area contributed by atoms with Crippen LogP contribution in [0.1, 0.15) is 17.3 Å². The summed E-state index contributed by atoms with van der Waals surface area (Å²) in [5.41, 5.74) is 0.553. The van der Waals surface area contributed by atoms with Crippen molar-refractivity contribution >= 4 is 38.4 Å². The zero-order chi connectivity index (χ0) is 20.0. The highest BCUT2D eigenvalue weighted by Gasteiger charge is 2.18. The first-order chi connectivity index (χ1) is 14.1. The lowest BCUT2D eigenvalue weighted by Crippen LogP contribution is -2.19. The van der Waals surface area contributed by atoms with Crippen LogP contribution in [0.15, 0.2) is 56.7 Å². The van der Waals surface area contributed by atoms with E-state index in [9.17, 15) is 9.59 Å². The van der Waals surface area contributed by atoms with Crippen molar-refractivity contribution in [1.82, 2.24) is 4.57 Å². The Bertz CT molecular complexity index is 1400. The van der Waals surface area contributed by atoms with Gasteiger partial charge in [0.1, 0.15) is 24.4 Å². The van der Waals surface area contributed by atoms with Crippen LogP contribution >= 0.6 is 11.3 Å². The smallest absolute Gasteiger partial charge is 0.349 e. The second kappa shape index (κ2) is 6.89. The van der Waals surface area contributed by atoms with Crippen molar-refractivity contribution in [3.05, 3.63) is 63.2 Å². The molecule has 146 valence electrons. The van der Waals surface area contributed by atoms with Crippen LogP contribution in [0, 0.1) is 0 Å². The Balaban J connectivity index is 1.66. The molecule has 0 saturated heterocycles. The van der Waals surface area contributed by atoms with Gasteiger partial charge in [-0.3, -0.25) is 4.79 Å². The number of hydrogen-bond donors (Lipinski definition) is 0. The number of carbonyl (C=O) groups is 1.